The van der Waals surface area contributed by atoms with Crippen molar-refractivity contribution in [1.82, 2.24) is 4.72 Å². The molecule has 0 amide bonds. The predicted molar refractivity (Wildman–Crippen MR) is 64.9 cm³/mol. The lowest BCUT2D eigenvalue weighted by Crippen LogP contribution is -2.48. The fourth-order valence-corrected chi connectivity index (χ4v) is 2.80. The van der Waals surface area contributed by atoms with Gasteiger partial charge in [0, 0.05) is 17.1 Å². The lowest BCUT2D eigenvalue weighted by Gasteiger charge is -2.23. The van der Waals surface area contributed by atoms with E-state index in [1.807, 2.05) is 0 Å². The van der Waals surface area contributed by atoms with Crippen LogP contribution in [0.2, 0.25) is 5.02 Å². The Balaban J connectivity index is 3.14. The first-order chi connectivity index (χ1) is 7.68. The van der Waals surface area contributed by atoms with Crippen molar-refractivity contribution in [3.05, 3.63) is 29.0 Å². The van der Waals surface area contributed by atoms with Gasteiger partial charge in [0.2, 0.25) is 10.0 Å². The zero-order valence-corrected chi connectivity index (χ0v) is 11.1. The largest absolute Gasteiger partial charge is 0.329 e. The molecular formula is C10H14ClFN2O2S. The van der Waals surface area contributed by atoms with E-state index in [-0.39, 0.29) is 11.6 Å². The fourth-order valence-electron chi connectivity index (χ4n) is 1.15. The van der Waals surface area contributed by atoms with Gasteiger partial charge in [-0.2, -0.15) is 0 Å². The zero-order valence-electron chi connectivity index (χ0n) is 9.50. The number of rotatable bonds is 4. The molecule has 1 aromatic carbocycles. The van der Waals surface area contributed by atoms with Crippen molar-refractivity contribution in [2.45, 2.75) is 24.3 Å². The highest BCUT2D eigenvalue weighted by atomic mass is 35.5. The van der Waals surface area contributed by atoms with Crippen LogP contribution in [0.4, 0.5) is 4.39 Å². The molecule has 0 unspecified atom stereocenters. The molecule has 1 rings (SSSR count). The van der Waals surface area contributed by atoms with Crippen molar-refractivity contribution in [2.75, 3.05) is 6.54 Å². The summed E-state index contributed by atoms with van der Waals surface area (Å²) in [4.78, 5) is -0.441. The van der Waals surface area contributed by atoms with E-state index in [0.29, 0.717) is 0 Å². The molecule has 0 saturated carbocycles. The van der Waals surface area contributed by atoms with E-state index in [1.54, 1.807) is 13.8 Å². The summed E-state index contributed by atoms with van der Waals surface area (Å²) in [7, 11) is -3.94. The summed E-state index contributed by atoms with van der Waals surface area (Å²) >= 11 is 5.55. The Bertz CT molecular complexity index is 517. The van der Waals surface area contributed by atoms with Crippen LogP contribution in [0.3, 0.4) is 0 Å². The van der Waals surface area contributed by atoms with E-state index in [9.17, 15) is 12.8 Å². The summed E-state index contributed by atoms with van der Waals surface area (Å²) in [5, 5.41) is 0.138. The van der Waals surface area contributed by atoms with Crippen molar-refractivity contribution in [2.24, 2.45) is 5.73 Å². The first-order valence-corrected chi connectivity index (χ1v) is 6.73. The summed E-state index contributed by atoms with van der Waals surface area (Å²) in [6, 6.07) is 3.38. The first kappa shape index (κ1) is 14.4. The molecule has 0 aliphatic carbocycles. The maximum Gasteiger partial charge on any atom is 0.244 e. The number of nitrogens with one attached hydrogen (secondary N) is 1. The van der Waals surface area contributed by atoms with Gasteiger partial charge in [-0.25, -0.2) is 17.5 Å². The van der Waals surface area contributed by atoms with Gasteiger partial charge in [-0.15, -0.1) is 0 Å². The third-order valence-corrected chi connectivity index (χ3v) is 4.07. The van der Waals surface area contributed by atoms with Crippen LogP contribution in [0.25, 0.3) is 0 Å². The molecule has 0 heterocycles. The van der Waals surface area contributed by atoms with Crippen molar-refractivity contribution in [1.29, 1.82) is 0 Å². The average Bonchev–Trinajstić information content (AvgIpc) is 2.15. The molecule has 0 aliphatic heterocycles. The van der Waals surface area contributed by atoms with E-state index < -0.39 is 26.3 Å². The van der Waals surface area contributed by atoms with Crippen LogP contribution in [-0.2, 0) is 10.0 Å². The third-order valence-electron chi connectivity index (χ3n) is 2.10. The van der Waals surface area contributed by atoms with Gasteiger partial charge in [-0.3, -0.25) is 0 Å². The normalized spacial score (nSPS) is 12.8. The number of sulfonamides is 1. The third kappa shape index (κ3) is 3.64. The maximum absolute atomic E-state index is 13.5. The van der Waals surface area contributed by atoms with Gasteiger partial charge in [0.1, 0.15) is 10.7 Å². The molecule has 0 atom stereocenters. The van der Waals surface area contributed by atoms with Gasteiger partial charge in [0.15, 0.2) is 0 Å². The molecule has 0 fully saturated rings. The molecule has 7 heteroatoms. The monoisotopic (exact) mass is 280 g/mol. The maximum atomic E-state index is 13.5. The van der Waals surface area contributed by atoms with Crippen LogP contribution in [0, 0.1) is 5.82 Å². The highest BCUT2D eigenvalue weighted by molar-refractivity contribution is 7.89. The van der Waals surface area contributed by atoms with Gasteiger partial charge in [0.25, 0.3) is 0 Å². The number of hydrogen-bond acceptors (Lipinski definition) is 3. The molecule has 0 bridgehead atoms. The smallest absolute Gasteiger partial charge is 0.244 e. The van der Waals surface area contributed by atoms with Crippen molar-refractivity contribution in [3.8, 4) is 0 Å². The number of halogens is 2. The second-order valence-electron chi connectivity index (χ2n) is 4.27. The standard InChI is InChI=1S/C10H14ClFN2O2S/c1-10(2,6-13)14-17(15,16)9-4-3-7(11)5-8(9)12/h3-5,14H,6,13H2,1-2H3. The van der Waals surface area contributed by atoms with Crippen LogP contribution in [-0.4, -0.2) is 20.5 Å². The SMILES string of the molecule is CC(C)(CN)NS(=O)(=O)c1ccc(Cl)cc1F. The van der Waals surface area contributed by atoms with E-state index in [4.69, 9.17) is 17.3 Å². The molecule has 0 aromatic heterocycles. The molecule has 0 spiro atoms. The number of benzene rings is 1. The lowest BCUT2D eigenvalue weighted by molar-refractivity contribution is 0.459. The predicted octanol–water partition coefficient (Wildman–Crippen LogP) is 1.49. The minimum Gasteiger partial charge on any atom is -0.329 e. The average molecular weight is 281 g/mol. The molecule has 0 radical (unpaired) electrons. The van der Waals surface area contributed by atoms with E-state index in [0.717, 1.165) is 12.1 Å². The first-order valence-electron chi connectivity index (χ1n) is 4.87. The Morgan fingerprint density at radius 1 is 1.47 bits per heavy atom. The van der Waals surface area contributed by atoms with E-state index >= 15 is 0 Å². The summed E-state index contributed by atoms with van der Waals surface area (Å²) in [6.07, 6.45) is 0. The summed E-state index contributed by atoms with van der Waals surface area (Å²) in [5.74, 6) is -0.891. The van der Waals surface area contributed by atoms with Crippen LogP contribution in [0.5, 0.6) is 0 Å². The van der Waals surface area contributed by atoms with Crippen LogP contribution in [0.15, 0.2) is 23.1 Å². The van der Waals surface area contributed by atoms with E-state index in [1.165, 1.54) is 6.07 Å². The molecule has 0 aliphatic rings. The van der Waals surface area contributed by atoms with Crippen LogP contribution < -0.4 is 10.5 Å². The second-order valence-corrected chi connectivity index (χ2v) is 6.36. The Morgan fingerprint density at radius 3 is 2.53 bits per heavy atom. The molecule has 17 heavy (non-hydrogen) atoms. The zero-order chi connectivity index (χ0) is 13.3. The molecule has 4 nitrogen and oxygen atoms in total. The highest BCUT2D eigenvalue weighted by Crippen LogP contribution is 2.20. The Hall–Kier alpha value is -0.690. The summed E-state index contributed by atoms with van der Waals surface area (Å²) in [5.41, 5.74) is 4.57. The molecule has 96 valence electrons. The topological polar surface area (TPSA) is 72.2 Å². The summed E-state index contributed by atoms with van der Waals surface area (Å²) in [6.45, 7) is 3.32. The van der Waals surface area contributed by atoms with Crippen molar-refractivity contribution >= 4 is 21.6 Å². The van der Waals surface area contributed by atoms with Crippen molar-refractivity contribution < 1.29 is 12.8 Å². The quantitative estimate of drug-likeness (QED) is 0.878. The lowest BCUT2D eigenvalue weighted by atomic mass is 10.1. The summed E-state index contributed by atoms with van der Waals surface area (Å²) < 4.78 is 39.6. The molecular weight excluding hydrogens is 267 g/mol. The van der Waals surface area contributed by atoms with Gasteiger partial charge < -0.3 is 5.73 Å². The van der Waals surface area contributed by atoms with Crippen LogP contribution >= 0.6 is 11.6 Å². The Kier molecular flexibility index (Phi) is 4.14. The number of hydrogen-bond donors (Lipinski definition) is 2. The molecule has 0 saturated heterocycles. The Morgan fingerprint density at radius 2 is 2.06 bits per heavy atom. The second kappa shape index (κ2) is 4.89. The van der Waals surface area contributed by atoms with Crippen molar-refractivity contribution in [3.63, 3.8) is 0 Å². The fraction of sp³-hybridized carbons (Fsp3) is 0.400. The minimum absolute atomic E-state index is 0.0986. The van der Waals surface area contributed by atoms with Gasteiger partial charge in [-0.1, -0.05) is 11.6 Å². The molecule has 1 aromatic rings. The van der Waals surface area contributed by atoms with E-state index in [2.05, 4.69) is 4.72 Å². The molecule has 3 N–H and O–H groups in total. The van der Waals surface area contributed by atoms with Gasteiger partial charge in [-0.05, 0) is 32.0 Å². The minimum atomic E-state index is -3.94. The Labute approximate surface area is 105 Å². The van der Waals surface area contributed by atoms with Gasteiger partial charge >= 0.3 is 0 Å². The van der Waals surface area contributed by atoms with Gasteiger partial charge in [0.05, 0.1) is 0 Å². The van der Waals surface area contributed by atoms with Crippen LogP contribution in [0.1, 0.15) is 13.8 Å². The number of nitrogens with two attached hydrogens (primary N) is 1. The highest BCUT2D eigenvalue weighted by Gasteiger charge is 2.27.